The van der Waals surface area contributed by atoms with Crippen molar-refractivity contribution in [3.8, 4) is 40.1 Å². The zero-order valence-corrected chi connectivity index (χ0v) is 34.1. The van der Waals surface area contributed by atoms with E-state index < -0.39 is 18.0 Å². The monoisotopic (exact) mass is 822 g/mol. The average molecular weight is 823 g/mol. The number of hydrogen-bond donors (Lipinski definition) is 3. The zero-order chi connectivity index (χ0) is 42.4. The van der Waals surface area contributed by atoms with Gasteiger partial charge in [0.2, 0.25) is 11.7 Å². The number of rotatable bonds is 9. The third kappa shape index (κ3) is 7.40. The Kier molecular flexibility index (Phi) is 10.4. The summed E-state index contributed by atoms with van der Waals surface area (Å²) in [6.07, 6.45) is 5.75. The number of nitrogens with zero attached hydrogens (tertiary/aromatic N) is 7. The Bertz CT molecular complexity index is 2810. The Morgan fingerprint density at radius 3 is 2.44 bits per heavy atom. The summed E-state index contributed by atoms with van der Waals surface area (Å²) in [7, 11) is 0. The molecule has 2 aliphatic rings. The van der Waals surface area contributed by atoms with Gasteiger partial charge in [-0.1, -0.05) is 32.0 Å². The Balaban J connectivity index is 0.857. The Hall–Kier alpha value is -7.16. The molecule has 0 saturated carbocycles. The van der Waals surface area contributed by atoms with Gasteiger partial charge in [-0.15, -0.1) is 10.2 Å². The lowest BCUT2D eigenvalue weighted by Crippen LogP contribution is -2.51. The van der Waals surface area contributed by atoms with Crippen LogP contribution in [0, 0.1) is 0 Å². The van der Waals surface area contributed by atoms with Gasteiger partial charge in [-0.05, 0) is 85.8 Å². The number of amides is 3. The van der Waals surface area contributed by atoms with Crippen molar-refractivity contribution in [2.75, 3.05) is 26.2 Å². The van der Waals surface area contributed by atoms with E-state index in [-0.39, 0.29) is 41.1 Å². The van der Waals surface area contributed by atoms with Crippen molar-refractivity contribution in [3.05, 3.63) is 103 Å². The SMILES string of the molecule is CCNC(=O)c1nnc(-c2cc(C(C)C)c(O)cc2O)n1-c1ccc(OC2CCN(C(=O)C3CCCN3C(=O)Oc3cccc4cc5cn6ccccc6c5nc34)CC2)cc1. The number of carbonyl (C=O) groups is 3. The summed E-state index contributed by atoms with van der Waals surface area (Å²) in [4.78, 5) is 49.0. The Morgan fingerprint density at radius 1 is 0.869 bits per heavy atom. The summed E-state index contributed by atoms with van der Waals surface area (Å²) in [5.74, 6) is 0.426. The molecule has 3 aromatic carbocycles. The fraction of sp³-hybridized carbons (Fsp3) is 0.304. The van der Waals surface area contributed by atoms with E-state index in [1.54, 1.807) is 52.8 Å². The number of fused-ring (bicyclic) bond motifs is 4. The highest BCUT2D eigenvalue weighted by molar-refractivity contribution is 6.02. The minimum atomic E-state index is -0.616. The first kappa shape index (κ1) is 39.3. The first-order chi connectivity index (χ1) is 29.6. The van der Waals surface area contributed by atoms with Crippen LogP contribution in [0.5, 0.6) is 23.0 Å². The minimum absolute atomic E-state index is 0.0351. The molecule has 9 rings (SSSR count). The van der Waals surface area contributed by atoms with Gasteiger partial charge in [0.25, 0.3) is 5.91 Å². The third-order valence-corrected chi connectivity index (χ3v) is 11.6. The smallest absolute Gasteiger partial charge is 0.415 e. The largest absolute Gasteiger partial charge is 0.508 e. The van der Waals surface area contributed by atoms with Gasteiger partial charge in [-0.25, -0.2) is 9.78 Å². The number of phenolic OH excluding ortho intramolecular Hbond substituents is 2. The second kappa shape index (κ2) is 16.1. The van der Waals surface area contributed by atoms with Gasteiger partial charge in [0.15, 0.2) is 11.6 Å². The number of carbonyl (C=O) groups excluding carboxylic acids is 3. The van der Waals surface area contributed by atoms with Crippen LogP contribution in [0.2, 0.25) is 0 Å². The molecule has 0 spiro atoms. The molecule has 2 fully saturated rings. The molecule has 7 aromatic rings. The summed E-state index contributed by atoms with van der Waals surface area (Å²) in [5, 5.41) is 34.4. The molecular weight excluding hydrogens is 777 g/mol. The van der Waals surface area contributed by atoms with Crippen molar-refractivity contribution in [2.24, 2.45) is 0 Å². The number of aromatic hydroxyl groups is 2. The van der Waals surface area contributed by atoms with E-state index in [0.29, 0.717) is 85.7 Å². The van der Waals surface area contributed by atoms with Crippen molar-refractivity contribution < 1.29 is 34.1 Å². The Labute approximate surface area is 351 Å². The number of ether oxygens (including phenoxy) is 2. The van der Waals surface area contributed by atoms with Crippen LogP contribution in [0.3, 0.4) is 0 Å². The molecule has 0 aliphatic carbocycles. The maximum absolute atomic E-state index is 13.9. The molecule has 1 atom stereocenters. The molecule has 4 aromatic heterocycles. The van der Waals surface area contributed by atoms with E-state index in [2.05, 4.69) is 15.5 Å². The van der Waals surface area contributed by atoms with Gasteiger partial charge in [-0.3, -0.25) is 19.1 Å². The van der Waals surface area contributed by atoms with Crippen LogP contribution < -0.4 is 14.8 Å². The van der Waals surface area contributed by atoms with E-state index in [9.17, 15) is 24.6 Å². The molecule has 1 unspecified atom stereocenters. The number of benzene rings is 3. The number of likely N-dealkylation sites (tertiary alicyclic amines) is 2. The van der Waals surface area contributed by atoms with Crippen LogP contribution in [0.4, 0.5) is 4.79 Å². The fourth-order valence-electron chi connectivity index (χ4n) is 8.48. The summed E-state index contributed by atoms with van der Waals surface area (Å²) < 4.78 is 16.0. The highest BCUT2D eigenvalue weighted by Crippen LogP contribution is 2.39. The number of aromatic nitrogens is 5. The van der Waals surface area contributed by atoms with Gasteiger partial charge in [0.1, 0.15) is 34.9 Å². The van der Waals surface area contributed by atoms with E-state index in [0.717, 1.165) is 21.8 Å². The second-order valence-corrected chi connectivity index (χ2v) is 15.9. The standard InChI is InChI=1S/C46H46N8O7/c1-4-47-44(57)43-50-49-42(34-24-33(27(2)3)37(55)25-38(34)56)54(43)30-13-15-31(16-14-30)60-32-17-21-51(22-18-32)45(58)36-11-8-20-53(36)46(59)61-39-12-7-9-28-23-29-26-52-19-6-5-10-35(52)40(29)48-41(28)39/h5-7,9-10,12-16,19,23-27,32,36,55-56H,4,8,11,17-18,20-22H2,1-3H3,(H,47,57). The molecular formula is C46H46N8O7. The van der Waals surface area contributed by atoms with Crippen LogP contribution in [0.1, 0.15) is 68.6 Å². The van der Waals surface area contributed by atoms with Gasteiger partial charge >= 0.3 is 6.09 Å². The zero-order valence-electron chi connectivity index (χ0n) is 34.1. The van der Waals surface area contributed by atoms with E-state index in [1.807, 2.05) is 71.9 Å². The van der Waals surface area contributed by atoms with Crippen molar-refractivity contribution >= 4 is 45.2 Å². The van der Waals surface area contributed by atoms with Crippen LogP contribution in [0.15, 0.2) is 91.3 Å². The van der Waals surface area contributed by atoms with Crippen LogP contribution >= 0.6 is 0 Å². The molecule has 312 valence electrons. The first-order valence-electron chi connectivity index (χ1n) is 20.7. The number of piperidine rings is 1. The topological polar surface area (TPSA) is 177 Å². The van der Waals surface area contributed by atoms with Crippen LogP contribution in [-0.2, 0) is 4.79 Å². The predicted molar refractivity (Wildman–Crippen MR) is 228 cm³/mol. The molecule has 6 heterocycles. The summed E-state index contributed by atoms with van der Waals surface area (Å²) >= 11 is 0. The quantitative estimate of drug-likeness (QED) is 0.135. The van der Waals surface area contributed by atoms with E-state index in [1.165, 1.54) is 6.07 Å². The normalized spacial score (nSPS) is 15.9. The molecule has 3 amide bonds. The lowest BCUT2D eigenvalue weighted by molar-refractivity contribution is -0.137. The van der Waals surface area contributed by atoms with Gasteiger partial charge in [0, 0.05) is 73.9 Å². The van der Waals surface area contributed by atoms with Crippen molar-refractivity contribution in [2.45, 2.75) is 64.5 Å². The number of nitrogens with one attached hydrogen (secondary N) is 1. The molecule has 61 heavy (non-hydrogen) atoms. The van der Waals surface area contributed by atoms with Crippen LogP contribution in [-0.4, -0.2) is 100 Å². The maximum Gasteiger partial charge on any atom is 0.415 e. The lowest BCUT2D eigenvalue weighted by atomic mass is 9.98. The number of pyridine rings is 2. The van der Waals surface area contributed by atoms with Crippen LogP contribution in [0.25, 0.3) is 44.4 Å². The second-order valence-electron chi connectivity index (χ2n) is 15.9. The Morgan fingerprint density at radius 2 is 1.67 bits per heavy atom. The molecule has 0 radical (unpaired) electrons. The molecule has 2 aliphatic heterocycles. The molecule has 2 saturated heterocycles. The van der Waals surface area contributed by atoms with E-state index in [4.69, 9.17) is 14.5 Å². The fourth-order valence-corrected chi connectivity index (χ4v) is 8.48. The average Bonchev–Trinajstić information content (AvgIpc) is 4.01. The van der Waals surface area contributed by atoms with Crippen molar-refractivity contribution in [1.82, 2.24) is 39.3 Å². The predicted octanol–water partition coefficient (Wildman–Crippen LogP) is 7.21. The first-order valence-corrected chi connectivity index (χ1v) is 20.7. The number of para-hydroxylation sites is 1. The number of hydrogen-bond acceptors (Lipinski definition) is 10. The molecule has 15 nitrogen and oxygen atoms in total. The minimum Gasteiger partial charge on any atom is -0.508 e. The summed E-state index contributed by atoms with van der Waals surface area (Å²) in [5.41, 5.74) is 3.86. The number of phenols is 2. The summed E-state index contributed by atoms with van der Waals surface area (Å²) in [6.45, 7) is 7.42. The van der Waals surface area contributed by atoms with Gasteiger partial charge in [-0.2, -0.15) is 0 Å². The summed E-state index contributed by atoms with van der Waals surface area (Å²) in [6, 6.07) is 23.0. The lowest BCUT2D eigenvalue weighted by Gasteiger charge is -2.35. The van der Waals surface area contributed by atoms with E-state index >= 15 is 0 Å². The molecule has 3 N–H and O–H groups in total. The molecule has 0 bridgehead atoms. The third-order valence-electron chi connectivity index (χ3n) is 11.6. The molecule has 15 heteroatoms. The van der Waals surface area contributed by atoms with Crippen molar-refractivity contribution in [3.63, 3.8) is 0 Å². The van der Waals surface area contributed by atoms with Gasteiger partial charge in [0.05, 0.1) is 16.6 Å². The highest BCUT2D eigenvalue weighted by atomic mass is 16.6. The maximum atomic E-state index is 13.9. The highest BCUT2D eigenvalue weighted by Gasteiger charge is 2.39. The van der Waals surface area contributed by atoms with Crippen molar-refractivity contribution in [1.29, 1.82) is 0 Å². The van der Waals surface area contributed by atoms with Gasteiger partial charge < -0.3 is 34.3 Å².